The van der Waals surface area contributed by atoms with Crippen LogP contribution in [0.15, 0.2) is 0 Å². The molecular weight excluding hydrogens is 242 g/mol. The molecule has 0 aromatic heterocycles. The Morgan fingerprint density at radius 2 is 2.21 bits per heavy atom. The zero-order valence-electron chi connectivity index (χ0n) is 9.72. The summed E-state index contributed by atoms with van der Waals surface area (Å²) in [5, 5.41) is 0.934. The number of rotatable bonds is 3. The van der Waals surface area contributed by atoms with E-state index < -0.39 is 0 Å². The van der Waals surface area contributed by atoms with Crippen molar-refractivity contribution in [1.29, 1.82) is 0 Å². The van der Waals surface area contributed by atoms with Gasteiger partial charge in [-0.1, -0.05) is 22.9 Å². The van der Waals surface area contributed by atoms with Gasteiger partial charge in [0.1, 0.15) is 0 Å². The summed E-state index contributed by atoms with van der Waals surface area (Å²) in [5.41, 5.74) is 0.000116. The summed E-state index contributed by atoms with van der Waals surface area (Å²) in [5.74, 6) is 0. The van der Waals surface area contributed by atoms with Crippen molar-refractivity contribution in [3.63, 3.8) is 0 Å². The van der Waals surface area contributed by atoms with Gasteiger partial charge in [-0.3, -0.25) is 4.90 Å². The fourth-order valence-electron chi connectivity index (χ4n) is 2.02. The molecule has 1 fully saturated rings. The van der Waals surface area contributed by atoms with Gasteiger partial charge in [0.25, 0.3) is 0 Å². The lowest BCUT2D eigenvalue weighted by Gasteiger charge is -2.44. The van der Waals surface area contributed by atoms with Gasteiger partial charge in [-0.05, 0) is 27.2 Å². The van der Waals surface area contributed by atoms with Gasteiger partial charge in [-0.2, -0.15) is 0 Å². The lowest BCUT2D eigenvalue weighted by atomic mass is 10.0. The van der Waals surface area contributed by atoms with Gasteiger partial charge in [0.2, 0.25) is 0 Å². The van der Waals surface area contributed by atoms with E-state index in [-0.39, 0.29) is 5.60 Å². The second-order valence-electron chi connectivity index (χ2n) is 4.84. The Balaban J connectivity index is 2.60. The van der Waals surface area contributed by atoms with E-state index in [2.05, 4.69) is 48.5 Å². The van der Waals surface area contributed by atoms with Crippen LogP contribution in [0, 0.1) is 0 Å². The highest BCUT2D eigenvalue weighted by atomic mass is 79.9. The Morgan fingerprint density at radius 3 is 2.71 bits per heavy atom. The lowest BCUT2D eigenvalue weighted by Crippen LogP contribution is -2.55. The molecule has 3 heteroatoms. The zero-order chi connectivity index (χ0) is 10.8. The van der Waals surface area contributed by atoms with Gasteiger partial charge in [-0.15, -0.1) is 0 Å². The predicted molar refractivity (Wildman–Crippen MR) is 64.1 cm³/mol. The van der Waals surface area contributed by atoms with Gasteiger partial charge >= 0.3 is 0 Å². The molecule has 1 saturated heterocycles. The van der Waals surface area contributed by atoms with Crippen LogP contribution in [0.4, 0.5) is 0 Å². The first-order chi connectivity index (χ1) is 6.48. The first-order valence-corrected chi connectivity index (χ1v) is 6.58. The third-order valence-electron chi connectivity index (χ3n) is 2.89. The van der Waals surface area contributed by atoms with E-state index in [9.17, 15) is 0 Å². The highest BCUT2D eigenvalue weighted by molar-refractivity contribution is 9.09. The molecule has 0 spiro atoms. The molecule has 0 aromatic carbocycles. The van der Waals surface area contributed by atoms with E-state index >= 15 is 0 Å². The second-order valence-corrected chi connectivity index (χ2v) is 5.49. The average molecular weight is 264 g/mol. The van der Waals surface area contributed by atoms with Crippen molar-refractivity contribution in [3.05, 3.63) is 0 Å². The smallest absolute Gasteiger partial charge is 0.0806 e. The summed E-state index contributed by atoms with van der Waals surface area (Å²) in [6, 6.07) is 0.666. The Bertz CT molecular complexity index is 184. The van der Waals surface area contributed by atoms with Crippen LogP contribution in [-0.2, 0) is 4.74 Å². The number of halogens is 1. The molecule has 2 atom stereocenters. The zero-order valence-corrected chi connectivity index (χ0v) is 11.3. The van der Waals surface area contributed by atoms with Crippen molar-refractivity contribution in [2.75, 3.05) is 18.4 Å². The second kappa shape index (κ2) is 4.95. The van der Waals surface area contributed by atoms with Crippen molar-refractivity contribution in [2.45, 2.75) is 51.9 Å². The molecular formula is C11H22BrNO. The Morgan fingerprint density at radius 1 is 1.57 bits per heavy atom. The summed E-state index contributed by atoms with van der Waals surface area (Å²) < 4.78 is 5.96. The molecule has 1 heterocycles. The van der Waals surface area contributed by atoms with Crippen LogP contribution in [0.5, 0.6) is 0 Å². The maximum absolute atomic E-state index is 5.96. The van der Waals surface area contributed by atoms with Crippen LogP contribution in [0.3, 0.4) is 0 Å². The van der Waals surface area contributed by atoms with Crippen molar-refractivity contribution < 1.29 is 4.74 Å². The van der Waals surface area contributed by atoms with E-state index in [4.69, 9.17) is 4.74 Å². The molecule has 0 N–H and O–H groups in total. The minimum Gasteiger partial charge on any atom is -0.369 e. The molecule has 0 aliphatic carbocycles. The number of nitrogens with zero attached hydrogens (tertiary/aromatic N) is 1. The molecule has 1 aliphatic heterocycles. The third kappa shape index (κ3) is 3.21. The molecule has 0 aromatic rings. The highest BCUT2D eigenvalue weighted by Crippen LogP contribution is 2.24. The number of morpholine rings is 1. The Kier molecular flexibility index (Phi) is 4.41. The van der Waals surface area contributed by atoms with Crippen LogP contribution in [-0.4, -0.2) is 41.1 Å². The van der Waals surface area contributed by atoms with E-state index in [1.54, 1.807) is 0 Å². The molecule has 14 heavy (non-hydrogen) atoms. The molecule has 2 unspecified atom stereocenters. The van der Waals surface area contributed by atoms with Gasteiger partial charge in [0.05, 0.1) is 11.7 Å². The van der Waals surface area contributed by atoms with Crippen molar-refractivity contribution in [1.82, 2.24) is 4.90 Å². The van der Waals surface area contributed by atoms with Crippen LogP contribution < -0.4 is 0 Å². The Hall–Kier alpha value is 0.400. The summed E-state index contributed by atoms with van der Waals surface area (Å²) in [6.45, 7) is 11.0. The average Bonchev–Trinajstić information content (AvgIpc) is 2.14. The maximum atomic E-state index is 5.96. The largest absolute Gasteiger partial charge is 0.369 e. The Labute approximate surface area is 96.1 Å². The fourth-order valence-corrected chi connectivity index (χ4v) is 2.35. The number of hydrogen-bond acceptors (Lipinski definition) is 2. The molecule has 1 rings (SSSR count). The molecule has 84 valence electrons. The standard InChI is InChI=1S/C11H22BrNO/c1-5-9(2)13-7-10(6-12)14-11(3,4)8-13/h9-10H,5-8H2,1-4H3. The molecule has 2 nitrogen and oxygen atoms in total. The van der Waals surface area contributed by atoms with Gasteiger partial charge in [0.15, 0.2) is 0 Å². The monoisotopic (exact) mass is 263 g/mol. The van der Waals surface area contributed by atoms with Crippen LogP contribution >= 0.6 is 15.9 Å². The topological polar surface area (TPSA) is 12.5 Å². The quantitative estimate of drug-likeness (QED) is 0.727. The molecule has 0 amide bonds. The minimum atomic E-state index is 0.000116. The number of ether oxygens (including phenoxy) is 1. The molecule has 0 saturated carbocycles. The summed E-state index contributed by atoms with van der Waals surface area (Å²) in [6.07, 6.45) is 1.55. The number of alkyl halides is 1. The van der Waals surface area contributed by atoms with Crippen molar-refractivity contribution in [3.8, 4) is 0 Å². The van der Waals surface area contributed by atoms with Crippen molar-refractivity contribution in [2.24, 2.45) is 0 Å². The first-order valence-electron chi connectivity index (χ1n) is 5.46. The van der Waals surface area contributed by atoms with E-state index in [1.807, 2.05) is 0 Å². The molecule has 1 aliphatic rings. The van der Waals surface area contributed by atoms with Gasteiger partial charge in [-0.25, -0.2) is 0 Å². The molecule has 0 bridgehead atoms. The van der Waals surface area contributed by atoms with Crippen LogP contribution in [0.2, 0.25) is 0 Å². The van der Waals surface area contributed by atoms with Crippen LogP contribution in [0.25, 0.3) is 0 Å². The van der Waals surface area contributed by atoms with Gasteiger partial charge in [0, 0.05) is 24.5 Å². The van der Waals surface area contributed by atoms with Gasteiger partial charge < -0.3 is 4.74 Å². The third-order valence-corrected chi connectivity index (χ3v) is 3.62. The summed E-state index contributed by atoms with van der Waals surface area (Å²) in [4.78, 5) is 2.54. The minimum absolute atomic E-state index is 0.000116. The SMILES string of the molecule is CCC(C)N1CC(CBr)OC(C)(C)C1. The van der Waals surface area contributed by atoms with Crippen molar-refractivity contribution >= 4 is 15.9 Å². The maximum Gasteiger partial charge on any atom is 0.0806 e. The van der Waals surface area contributed by atoms with E-state index in [0.29, 0.717) is 12.1 Å². The first kappa shape index (κ1) is 12.5. The lowest BCUT2D eigenvalue weighted by molar-refractivity contribution is -0.134. The summed E-state index contributed by atoms with van der Waals surface area (Å²) in [7, 11) is 0. The predicted octanol–water partition coefficient (Wildman–Crippen LogP) is 2.66. The number of hydrogen-bond donors (Lipinski definition) is 0. The summed E-state index contributed by atoms with van der Waals surface area (Å²) >= 11 is 3.51. The van der Waals surface area contributed by atoms with Crippen LogP contribution in [0.1, 0.15) is 34.1 Å². The normalized spacial score (nSPS) is 30.2. The van der Waals surface area contributed by atoms with E-state index in [0.717, 1.165) is 18.4 Å². The fraction of sp³-hybridized carbons (Fsp3) is 1.00. The van der Waals surface area contributed by atoms with E-state index in [1.165, 1.54) is 6.42 Å². The molecule has 0 radical (unpaired) electrons. The highest BCUT2D eigenvalue weighted by Gasteiger charge is 2.34.